The van der Waals surface area contributed by atoms with E-state index in [2.05, 4.69) is 24.1 Å². The first-order valence-corrected chi connectivity index (χ1v) is 13.1. The second-order valence-electron chi connectivity index (χ2n) is 10.0. The summed E-state index contributed by atoms with van der Waals surface area (Å²) in [5.41, 5.74) is -0.152. The van der Waals surface area contributed by atoms with Crippen LogP contribution in [0, 0.1) is 11.8 Å². The van der Waals surface area contributed by atoms with Gasteiger partial charge in [0, 0.05) is 19.2 Å². The van der Waals surface area contributed by atoms with Crippen LogP contribution in [0.25, 0.3) is 0 Å². The Morgan fingerprint density at radius 3 is 2.55 bits per heavy atom. The van der Waals surface area contributed by atoms with Crippen molar-refractivity contribution in [2.45, 2.75) is 78.0 Å². The van der Waals surface area contributed by atoms with Gasteiger partial charge in [-0.25, -0.2) is 9.78 Å². The molecular weight excluding hydrogens is 488 g/mol. The van der Waals surface area contributed by atoms with Crippen LogP contribution in [0.5, 0.6) is 17.2 Å². The molecule has 0 spiro atoms. The van der Waals surface area contributed by atoms with Crippen molar-refractivity contribution in [2.75, 3.05) is 7.11 Å². The van der Waals surface area contributed by atoms with Crippen LogP contribution < -0.4 is 19.5 Å². The number of hydrogen-bond acceptors (Lipinski definition) is 8. The zero-order valence-electron chi connectivity index (χ0n) is 22.8. The van der Waals surface area contributed by atoms with Crippen molar-refractivity contribution >= 4 is 17.8 Å². The van der Waals surface area contributed by atoms with E-state index in [1.54, 1.807) is 0 Å². The Labute approximate surface area is 224 Å². The second kappa shape index (κ2) is 13.8. The van der Waals surface area contributed by atoms with E-state index in [4.69, 9.17) is 18.9 Å². The van der Waals surface area contributed by atoms with E-state index < -0.39 is 30.0 Å². The van der Waals surface area contributed by atoms with Crippen molar-refractivity contribution in [1.82, 2.24) is 10.3 Å². The van der Waals surface area contributed by atoms with E-state index in [-0.39, 0.29) is 29.2 Å². The van der Waals surface area contributed by atoms with Gasteiger partial charge in [-0.05, 0) is 50.2 Å². The number of carbonyl (C=O) groups excluding carboxylic acids is 3. The summed E-state index contributed by atoms with van der Waals surface area (Å²) in [4.78, 5) is 42.1. The standard InChI is InChI=1S/C29H38N2O7/c1-18(2)14-15-21-10-9-13-23(29(34)36-19(3)26(21)38-22-11-7-6-8-12-22)31-28(33)25-27(37-20(4)32)24(35-5)16-17-30-25/h6-8,11-12,16-19,21,23,26H,9-10,13-15H2,1-5H3,(H,31,33)/t19-,21+,23-,26-/m0/s1. The van der Waals surface area contributed by atoms with Gasteiger partial charge in [0.15, 0.2) is 11.4 Å². The average molecular weight is 527 g/mol. The van der Waals surface area contributed by atoms with Crippen molar-refractivity contribution in [2.24, 2.45) is 11.8 Å². The van der Waals surface area contributed by atoms with Gasteiger partial charge < -0.3 is 24.3 Å². The zero-order chi connectivity index (χ0) is 27.7. The van der Waals surface area contributed by atoms with Gasteiger partial charge >= 0.3 is 11.9 Å². The highest BCUT2D eigenvalue weighted by Gasteiger charge is 2.36. The van der Waals surface area contributed by atoms with Gasteiger partial charge in [-0.1, -0.05) is 44.9 Å². The molecule has 0 bridgehead atoms. The number of cyclic esters (lactones) is 1. The van der Waals surface area contributed by atoms with E-state index in [0.717, 1.165) is 25.0 Å². The van der Waals surface area contributed by atoms with Crippen LogP contribution in [0.15, 0.2) is 42.6 Å². The summed E-state index contributed by atoms with van der Waals surface area (Å²) >= 11 is 0. The van der Waals surface area contributed by atoms with Crippen molar-refractivity contribution < 1.29 is 33.3 Å². The SMILES string of the molecule is COc1ccnc(C(=O)N[C@H]2CCC[C@H](CCC(C)C)[C@@H](Oc3ccccc3)[C@H](C)OC2=O)c1OC(C)=O. The number of nitrogens with one attached hydrogen (secondary N) is 1. The van der Waals surface area contributed by atoms with Gasteiger partial charge in [0.2, 0.25) is 5.75 Å². The number of methoxy groups -OCH3 is 1. The molecule has 9 nitrogen and oxygen atoms in total. The van der Waals surface area contributed by atoms with Crippen LogP contribution in [0.4, 0.5) is 0 Å². The minimum absolute atomic E-state index is 0.102. The average Bonchev–Trinajstić information content (AvgIpc) is 2.93. The molecule has 0 radical (unpaired) electrons. The number of hydrogen-bond donors (Lipinski definition) is 1. The smallest absolute Gasteiger partial charge is 0.329 e. The fourth-order valence-electron chi connectivity index (χ4n) is 4.64. The predicted octanol–water partition coefficient (Wildman–Crippen LogP) is 4.73. The van der Waals surface area contributed by atoms with Crippen LogP contribution in [0.1, 0.15) is 70.3 Å². The molecule has 3 rings (SSSR count). The minimum atomic E-state index is -0.899. The number of rotatable bonds is 9. The van der Waals surface area contributed by atoms with E-state index in [1.807, 2.05) is 37.3 Å². The minimum Gasteiger partial charge on any atom is -0.493 e. The molecule has 206 valence electrons. The maximum atomic E-state index is 13.2. The number of aromatic nitrogens is 1. The lowest BCUT2D eigenvalue weighted by molar-refractivity contribution is -0.156. The zero-order valence-corrected chi connectivity index (χ0v) is 22.8. The monoisotopic (exact) mass is 526 g/mol. The predicted molar refractivity (Wildman–Crippen MR) is 141 cm³/mol. The lowest BCUT2D eigenvalue weighted by Crippen LogP contribution is -2.45. The quantitative estimate of drug-likeness (QED) is 0.467. The van der Waals surface area contributed by atoms with E-state index in [1.165, 1.54) is 26.3 Å². The van der Waals surface area contributed by atoms with E-state index in [0.29, 0.717) is 18.8 Å². The van der Waals surface area contributed by atoms with E-state index in [9.17, 15) is 14.4 Å². The molecule has 1 aromatic carbocycles. The maximum Gasteiger partial charge on any atom is 0.329 e. The van der Waals surface area contributed by atoms with Crippen molar-refractivity contribution in [1.29, 1.82) is 0 Å². The molecule has 0 unspecified atom stereocenters. The molecule has 1 saturated heterocycles. The molecule has 1 aliphatic heterocycles. The molecule has 1 aromatic heterocycles. The molecule has 1 amide bonds. The van der Waals surface area contributed by atoms with Crippen LogP contribution in [-0.4, -0.2) is 48.2 Å². The van der Waals surface area contributed by atoms with Crippen molar-refractivity contribution in [3.63, 3.8) is 0 Å². The number of pyridine rings is 1. The molecular formula is C29H38N2O7. The van der Waals surface area contributed by atoms with Gasteiger partial charge in [0.1, 0.15) is 24.0 Å². The first-order valence-electron chi connectivity index (χ1n) is 13.1. The molecule has 4 atom stereocenters. The molecule has 1 N–H and O–H groups in total. The molecule has 1 aliphatic rings. The molecule has 1 fully saturated rings. The molecule has 2 heterocycles. The lowest BCUT2D eigenvalue weighted by atomic mass is 9.86. The third kappa shape index (κ3) is 7.94. The third-order valence-corrected chi connectivity index (χ3v) is 6.57. The molecule has 0 aliphatic carbocycles. The summed E-state index contributed by atoms with van der Waals surface area (Å²) in [5, 5.41) is 2.73. The highest BCUT2D eigenvalue weighted by molar-refractivity contribution is 5.98. The number of para-hydroxylation sites is 1. The lowest BCUT2D eigenvalue weighted by Gasteiger charge is -2.32. The Morgan fingerprint density at radius 2 is 1.89 bits per heavy atom. The first kappa shape index (κ1) is 28.9. The molecule has 38 heavy (non-hydrogen) atoms. The maximum absolute atomic E-state index is 13.2. The van der Waals surface area contributed by atoms with Crippen molar-refractivity contribution in [3.8, 4) is 17.2 Å². The Kier molecular flexibility index (Phi) is 10.5. The fourth-order valence-corrected chi connectivity index (χ4v) is 4.64. The number of amides is 1. The summed E-state index contributed by atoms with van der Waals surface area (Å²) < 4.78 is 22.7. The molecule has 2 aromatic rings. The number of esters is 2. The Balaban J connectivity index is 1.81. The van der Waals surface area contributed by atoms with Crippen LogP contribution >= 0.6 is 0 Å². The van der Waals surface area contributed by atoms with Gasteiger partial charge in [-0.2, -0.15) is 0 Å². The Morgan fingerprint density at radius 1 is 1.16 bits per heavy atom. The third-order valence-electron chi connectivity index (χ3n) is 6.57. The second-order valence-corrected chi connectivity index (χ2v) is 10.0. The largest absolute Gasteiger partial charge is 0.493 e. The van der Waals surface area contributed by atoms with Gasteiger partial charge in [-0.15, -0.1) is 0 Å². The summed E-state index contributed by atoms with van der Waals surface area (Å²) in [5.74, 6) is -0.331. The highest BCUT2D eigenvalue weighted by atomic mass is 16.6. The molecule has 9 heteroatoms. The van der Waals surface area contributed by atoms with Gasteiger partial charge in [-0.3, -0.25) is 9.59 Å². The Hall–Kier alpha value is -3.62. The fraction of sp³-hybridized carbons (Fsp3) is 0.517. The normalized spacial score (nSPS) is 21.9. The first-order chi connectivity index (χ1) is 18.2. The van der Waals surface area contributed by atoms with Gasteiger partial charge in [0.05, 0.1) is 7.11 Å². The van der Waals surface area contributed by atoms with Crippen molar-refractivity contribution in [3.05, 3.63) is 48.3 Å². The summed E-state index contributed by atoms with van der Waals surface area (Å²) in [7, 11) is 1.39. The number of nitrogens with zero attached hydrogens (tertiary/aromatic N) is 1. The summed E-state index contributed by atoms with van der Waals surface area (Å²) in [6.45, 7) is 7.43. The summed E-state index contributed by atoms with van der Waals surface area (Å²) in [6.07, 6.45) is 4.36. The number of ether oxygens (including phenoxy) is 4. The van der Waals surface area contributed by atoms with E-state index >= 15 is 0 Å². The summed E-state index contributed by atoms with van der Waals surface area (Å²) in [6, 6.07) is 10.1. The van der Waals surface area contributed by atoms with Gasteiger partial charge in [0.25, 0.3) is 5.91 Å². The van der Waals surface area contributed by atoms with Crippen LogP contribution in [0.2, 0.25) is 0 Å². The Bertz CT molecular complexity index is 1090. The topological polar surface area (TPSA) is 113 Å². The molecule has 0 saturated carbocycles. The number of benzene rings is 1. The number of carbonyl (C=O) groups is 3. The van der Waals surface area contributed by atoms with Crippen LogP contribution in [0.3, 0.4) is 0 Å². The van der Waals surface area contributed by atoms with Crippen LogP contribution in [-0.2, 0) is 14.3 Å². The highest BCUT2D eigenvalue weighted by Crippen LogP contribution is 2.32.